The third-order valence-corrected chi connectivity index (χ3v) is 3.54. The van der Waals surface area contributed by atoms with Crippen LogP contribution in [0.4, 0.5) is 10.1 Å². The highest BCUT2D eigenvalue weighted by Crippen LogP contribution is 2.16. The maximum atomic E-state index is 13.4. The van der Waals surface area contributed by atoms with Gasteiger partial charge in [-0.15, -0.1) is 0 Å². The molecular weight excluding hydrogens is 251 g/mol. The summed E-state index contributed by atoms with van der Waals surface area (Å²) in [6.07, 6.45) is 1.23. The molecule has 0 spiro atoms. The summed E-state index contributed by atoms with van der Waals surface area (Å²) in [6, 6.07) is 4.98. The molecule has 0 unspecified atom stereocenters. The lowest BCUT2D eigenvalue weighted by Gasteiger charge is -2.31. The number of hydrogen-bond acceptors (Lipinski definition) is 2. The molecule has 5 heteroatoms. The third-order valence-electron chi connectivity index (χ3n) is 3.17. The molecule has 0 atom stereocenters. The summed E-state index contributed by atoms with van der Waals surface area (Å²) in [7, 11) is 0. The van der Waals surface area contributed by atoms with Gasteiger partial charge in [-0.25, -0.2) is 4.39 Å². The first-order valence-electron chi connectivity index (χ1n) is 6.06. The van der Waals surface area contributed by atoms with Gasteiger partial charge in [-0.05, 0) is 49.7 Å². The van der Waals surface area contributed by atoms with Crippen LogP contribution in [0, 0.1) is 12.7 Å². The smallest absolute Gasteiger partial charge is 0.173 e. The van der Waals surface area contributed by atoms with E-state index in [0.717, 1.165) is 25.9 Å². The van der Waals surface area contributed by atoms with Crippen LogP contribution in [0.3, 0.4) is 0 Å². The van der Waals surface area contributed by atoms with Gasteiger partial charge >= 0.3 is 0 Å². The van der Waals surface area contributed by atoms with E-state index in [1.165, 1.54) is 6.07 Å². The van der Waals surface area contributed by atoms with Crippen molar-refractivity contribution in [2.24, 2.45) is 0 Å². The lowest BCUT2D eigenvalue weighted by atomic mass is 10.1. The average Bonchev–Trinajstić information content (AvgIpc) is 2.34. The largest absolute Gasteiger partial charge is 0.393 e. The van der Waals surface area contributed by atoms with Gasteiger partial charge in [0.1, 0.15) is 5.82 Å². The van der Waals surface area contributed by atoms with Gasteiger partial charge in [-0.3, -0.25) is 0 Å². The Hall–Kier alpha value is -1.20. The summed E-state index contributed by atoms with van der Waals surface area (Å²) in [4.78, 5) is 2.00. The maximum Gasteiger partial charge on any atom is 0.173 e. The Bertz CT molecular complexity index is 445. The Morgan fingerprint density at radius 2 is 2.11 bits per heavy atom. The number of aryl methyl sites for hydroxylation is 1. The number of piperidine rings is 1. The number of likely N-dealkylation sites (tertiary alicyclic amines) is 1. The second-order valence-corrected chi connectivity index (χ2v) is 5.00. The van der Waals surface area contributed by atoms with E-state index < -0.39 is 0 Å². The van der Waals surface area contributed by atoms with Gasteiger partial charge < -0.3 is 15.3 Å². The molecule has 1 aliphatic heterocycles. The van der Waals surface area contributed by atoms with E-state index in [0.29, 0.717) is 16.4 Å². The van der Waals surface area contributed by atoms with Crippen LogP contribution < -0.4 is 5.32 Å². The topological polar surface area (TPSA) is 35.5 Å². The van der Waals surface area contributed by atoms with Gasteiger partial charge in [0.15, 0.2) is 5.11 Å². The molecule has 18 heavy (non-hydrogen) atoms. The Morgan fingerprint density at radius 3 is 2.72 bits per heavy atom. The highest BCUT2D eigenvalue weighted by molar-refractivity contribution is 7.80. The fraction of sp³-hybridized carbons (Fsp3) is 0.462. The van der Waals surface area contributed by atoms with Crippen LogP contribution >= 0.6 is 12.2 Å². The van der Waals surface area contributed by atoms with E-state index in [4.69, 9.17) is 12.2 Å². The molecule has 0 aliphatic carbocycles. The Kier molecular flexibility index (Phi) is 4.14. The number of rotatable bonds is 1. The van der Waals surface area contributed by atoms with Crippen molar-refractivity contribution < 1.29 is 9.50 Å². The maximum absolute atomic E-state index is 13.4. The Balaban J connectivity index is 1.96. The van der Waals surface area contributed by atoms with Crippen LogP contribution in [0.15, 0.2) is 18.2 Å². The molecule has 1 aromatic rings. The van der Waals surface area contributed by atoms with Gasteiger partial charge in [0.2, 0.25) is 0 Å². The minimum atomic E-state index is -0.239. The van der Waals surface area contributed by atoms with Crippen molar-refractivity contribution in [3.8, 4) is 0 Å². The Labute approximate surface area is 112 Å². The van der Waals surface area contributed by atoms with Crippen molar-refractivity contribution in [1.29, 1.82) is 0 Å². The lowest BCUT2D eigenvalue weighted by molar-refractivity contribution is 0.110. The molecule has 2 rings (SSSR count). The molecule has 1 heterocycles. The number of nitrogens with one attached hydrogen (secondary N) is 1. The number of benzene rings is 1. The fourth-order valence-corrected chi connectivity index (χ4v) is 2.24. The van der Waals surface area contributed by atoms with E-state index in [9.17, 15) is 9.50 Å². The molecule has 98 valence electrons. The highest BCUT2D eigenvalue weighted by atomic mass is 32.1. The van der Waals surface area contributed by atoms with E-state index in [-0.39, 0.29) is 11.9 Å². The number of thiocarbonyl (C=S) groups is 1. The number of halogens is 1. The van der Waals surface area contributed by atoms with Crippen LogP contribution in [0.1, 0.15) is 18.4 Å². The number of nitrogens with zero attached hydrogens (tertiary/aromatic N) is 1. The first kappa shape index (κ1) is 13.2. The van der Waals surface area contributed by atoms with Crippen molar-refractivity contribution >= 4 is 23.0 Å². The summed E-state index contributed by atoms with van der Waals surface area (Å²) >= 11 is 5.28. The molecule has 3 nitrogen and oxygen atoms in total. The number of hydrogen-bond donors (Lipinski definition) is 2. The van der Waals surface area contributed by atoms with E-state index in [1.54, 1.807) is 13.0 Å². The molecule has 0 bridgehead atoms. The van der Waals surface area contributed by atoms with Crippen LogP contribution in [0.25, 0.3) is 0 Å². The second-order valence-electron chi connectivity index (χ2n) is 4.61. The molecule has 1 fully saturated rings. The van der Waals surface area contributed by atoms with Gasteiger partial charge in [0, 0.05) is 18.8 Å². The molecule has 0 radical (unpaired) electrons. The summed E-state index contributed by atoms with van der Waals surface area (Å²) in [5.41, 5.74) is 1.28. The lowest BCUT2D eigenvalue weighted by Crippen LogP contribution is -2.42. The molecule has 1 saturated heterocycles. The first-order valence-corrected chi connectivity index (χ1v) is 6.47. The monoisotopic (exact) mass is 268 g/mol. The van der Waals surface area contributed by atoms with Gasteiger partial charge in [0.05, 0.1) is 6.10 Å². The minimum Gasteiger partial charge on any atom is -0.393 e. The normalized spacial score (nSPS) is 16.7. The van der Waals surface area contributed by atoms with Crippen LogP contribution in [0.2, 0.25) is 0 Å². The van der Waals surface area contributed by atoms with Crippen LogP contribution in [-0.2, 0) is 0 Å². The van der Waals surface area contributed by atoms with Gasteiger partial charge in [-0.2, -0.15) is 0 Å². The third kappa shape index (κ3) is 3.17. The predicted octanol–water partition coefficient (Wildman–Crippen LogP) is 2.29. The number of aliphatic hydroxyl groups is 1. The molecule has 2 N–H and O–H groups in total. The molecule has 0 saturated carbocycles. The van der Waals surface area contributed by atoms with Crippen molar-refractivity contribution in [3.05, 3.63) is 29.6 Å². The van der Waals surface area contributed by atoms with E-state index >= 15 is 0 Å². The van der Waals surface area contributed by atoms with Crippen molar-refractivity contribution in [1.82, 2.24) is 4.90 Å². The summed E-state index contributed by atoms with van der Waals surface area (Å²) in [5, 5.41) is 13.0. The van der Waals surface area contributed by atoms with Crippen molar-refractivity contribution in [2.75, 3.05) is 18.4 Å². The zero-order valence-corrected chi connectivity index (χ0v) is 11.1. The summed E-state index contributed by atoms with van der Waals surface area (Å²) in [5.74, 6) is -0.239. The number of anilines is 1. The molecular formula is C13H17FN2OS. The van der Waals surface area contributed by atoms with E-state index in [2.05, 4.69) is 5.32 Å². The van der Waals surface area contributed by atoms with Crippen LogP contribution in [-0.4, -0.2) is 34.3 Å². The summed E-state index contributed by atoms with van der Waals surface area (Å²) < 4.78 is 13.4. The van der Waals surface area contributed by atoms with Crippen molar-refractivity contribution in [2.45, 2.75) is 25.9 Å². The number of aliphatic hydroxyl groups excluding tert-OH is 1. The minimum absolute atomic E-state index is 0.221. The van der Waals surface area contributed by atoms with E-state index in [1.807, 2.05) is 11.0 Å². The average molecular weight is 268 g/mol. The van der Waals surface area contributed by atoms with Crippen molar-refractivity contribution in [3.63, 3.8) is 0 Å². The molecule has 0 amide bonds. The zero-order valence-electron chi connectivity index (χ0n) is 10.3. The highest BCUT2D eigenvalue weighted by Gasteiger charge is 2.18. The molecule has 1 aromatic carbocycles. The first-order chi connectivity index (χ1) is 8.56. The standard InChI is InChI=1S/C13H17FN2OS/c1-9-2-3-10(8-12(9)14)15-13(18)16-6-4-11(17)5-7-16/h2-3,8,11,17H,4-7H2,1H3,(H,15,18). The molecule has 1 aliphatic rings. The molecule has 0 aromatic heterocycles. The fourth-order valence-electron chi connectivity index (χ4n) is 1.94. The van der Waals surface area contributed by atoms with Gasteiger partial charge in [0.25, 0.3) is 0 Å². The second kappa shape index (κ2) is 5.63. The zero-order chi connectivity index (χ0) is 13.1. The van der Waals surface area contributed by atoms with Crippen LogP contribution in [0.5, 0.6) is 0 Å². The predicted molar refractivity (Wildman–Crippen MR) is 74.2 cm³/mol. The quantitative estimate of drug-likeness (QED) is 0.766. The SMILES string of the molecule is Cc1ccc(NC(=S)N2CCC(O)CC2)cc1F. The summed E-state index contributed by atoms with van der Waals surface area (Å²) in [6.45, 7) is 3.20. The van der Waals surface area contributed by atoms with Gasteiger partial charge in [-0.1, -0.05) is 6.07 Å². The Morgan fingerprint density at radius 1 is 1.44 bits per heavy atom.